The molecular weight excluding hydrogens is 262 g/mol. The summed E-state index contributed by atoms with van der Waals surface area (Å²) in [5.41, 5.74) is 10.8. The van der Waals surface area contributed by atoms with E-state index in [1.807, 2.05) is 49.4 Å². The van der Waals surface area contributed by atoms with Gasteiger partial charge in [-0.25, -0.2) is 0 Å². The first-order valence-electron chi connectivity index (χ1n) is 6.74. The molecule has 0 bridgehead atoms. The van der Waals surface area contributed by atoms with Crippen LogP contribution < -0.4 is 15.8 Å². The predicted octanol–water partition coefficient (Wildman–Crippen LogP) is 3.88. The van der Waals surface area contributed by atoms with Crippen LogP contribution in [0.25, 0.3) is 10.9 Å². The Morgan fingerprint density at radius 3 is 2.67 bits per heavy atom. The number of nitrogens with one attached hydrogen (secondary N) is 1. The number of nitrogens with zero attached hydrogens (tertiary/aromatic N) is 1. The smallest absolute Gasteiger partial charge is 0.119 e. The van der Waals surface area contributed by atoms with Gasteiger partial charge in [-0.05, 0) is 55.0 Å². The molecule has 3 N–H and O–H groups in total. The molecular formula is C17H17N3O. The van der Waals surface area contributed by atoms with E-state index < -0.39 is 0 Å². The van der Waals surface area contributed by atoms with Crippen LogP contribution >= 0.6 is 0 Å². The molecule has 4 nitrogen and oxygen atoms in total. The Bertz CT molecular complexity index is 799. The quantitative estimate of drug-likeness (QED) is 0.714. The molecule has 0 amide bonds. The minimum Gasteiger partial charge on any atom is -0.497 e. The van der Waals surface area contributed by atoms with Crippen LogP contribution in [-0.2, 0) is 0 Å². The van der Waals surface area contributed by atoms with Crippen molar-refractivity contribution in [2.24, 2.45) is 0 Å². The second kappa shape index (κ2) is 5.32. The van der Waals surface area contributed by atoms with Gasteiger partial charge in [0, 0.05) is 17.3 Å². The summed E-state index contributed by atoms with van der Waals surface area (Å²) >= 11 is 0. The monoisotopic (exact) mass is 279 g/mol. The third-order valence-electron chi connectivity index (χ3n) is 3.53. The molecule has 0 spiro atoms. The summed E-state index contributed by atoms with van der Waals surface area (Å²) in [6.45, 7) is 2.03. The number of methoxy groups -OCH3 is 1. The fourth-order valence-corrected chi connectivity index (χ4v) is 2.33. The average Bonchev–Trinajstić information content (AvgIpc) is 2.52. The van der Waals surface area contributed by atoms with E-state index >= 15 is 0 Å². The van der Waals surface area contributed by atoms with E-state index in [-0.39, 0.29) is 0 Å². The molecule has 0 fully saturated rings. The van der Waals surface area contributed by atoms with E-state index in [1.165, 1.54) is 0 Å². The maximum atomic E-state index is 6.25. The minimum atomic E-state index is 0.704. The maximum absolute atomic E-state index is 6.25. The number of hydrogen-bond acceptors (Lipinski definition) is 4. The Balaban J connectivity index is 2.00. The minimum absolute atomic E-state index is 0.704. The van der Waals surface area contributed by atoms with Gasteiger partial charge in [-0.1, -0.05) is 0 Å². The van der Waals surface area contributed by atoms with Gasteiger partial charge < -0.3 is 15.8 Å². The Hall–Kier alpha value is -2.75. The number of ether oxygens (including phenoxy) is 1. The third-order valence-corrected chi connectivity index (χ3v) is 3.53. The highest BCUT2D eigenvalue weighted by Crippen LogP contribution is 2.31. The first kappa shape index (κ1) is 13.2. The highest BCUT2D eigenvalue weighted by Gasteiger charge is 2.07. The Kier molecular flexibility index (Phi) is 3.36. The van der Waals surface area contributed by atoms with Gasteiger partial charge in [-0.3, -0.25) is 4.98 Å². The molecule has 1 heterocycles. The standard InChI is InChI=1S/C17H17N3O/c1-11-10-12(21-2)5-6-14(11)20-16-8-7-15-13(17(16)18)4-3-9-19-15/h3-10,20H,18H2,1-2H3. The second-order valence-corrected chi connectivity index (χ2v) is 4.90. The Morgan fingerprint density at radius 2 is 1.90 bits per heavy atom. The van der Waals surface area contributed by atoms with E-state index in [4.69, 9.17) is 10.5 Å². The third kappa shape index (κ3) is 2.48. The van der Waals surface area contributed by atoms with E-state index in [0.717, 1.165) is 33.6 Å². The van der Waals surface area contributed by atoms with E-state index in [9.17, 15) is 0 Å². The van der Waals surface area contributed by atoms with E-state index in [1.54, 1.807) is 13.3 Å². The molecule has 0 saturated heterocycles. The molecule has 3 rings (SSSR count). The molecule has 0 aliphatic carbocycles. The summed E-state index contributed by atoms with van der Waals surface area (Å²) < 4.78 is 5.22. The van der Waals surface area contributed by atoms with Gasteiger partial charge in [-0.2, -0.15) is 0 Å². The normalized spacial score (nSPS) is 10.6. The first-order chi connectivity index (χ1) is 10.2. The van der Waals surface area contributed by atoms with Gasteiger partial charge in [0.05, 0.1) is 24.0 Å². The number of benzene rings is 2. The fourth-order valence-electron chi connectivity index (χ4n) is 2.33. The van der Waals surface area contributed by atoms with Gasteiger partial charge >= 0.3 is 0 Å². The van der Waals surface area contributed by atoms with Crippen molar-refractivity contribution >= 4 is 28.0 Å². The molecule has 106 valence electrons. The van der Waals surface area contributed by atoms with Crippen molar-refractivity contribution in [1.82, 2.24) is 4.98 Å². The zero-order valence-corrected chi connectivity index (χ0v) is 12.1. The number of hydrogen-bond donors (Lipinski definition) is 2. The zero-order chi connectivity index (χ0) is 14.8. The number of fused-ring (bicyclic) bond motifs is 1. The van der Waals surface area contributed by atoms with Crippen molar-refractivity contribution in [1.29, 1.82) is 0 Å². The summed E-state index contributed by atoms with van der Waals surface area (Å²) in [5.74, 6) is 0.841. The van der Waals surface area contributed by atoms with Gasteiger partial charge in [0.25, 0.3) is 0 Å². The summed E-state index contributed by atoms with van der Waals surface area (Å²) in [4.78, 5) is 4.31. The Labute approximate surface area is 123 Å². The lowest BCUT2D eigenvalue weighted by molar-refractivity contribution is 0.414. The molecule has 3 aromatic rings. The second-order valence-electron chi connectivity index (χ2n) is 4.90. The van der Waals surface area contributed by atoms with Crippen LogP contribution in [0.3, 0.4) is 0 Å². The van der Waals surface area contributed by atoms with Crippen LogP contribution in [-0.4, -0.2) is 12.1 Å². The number of nitrogens with two attached hydrogens (primary N) is 1. The molecule has 0 aliphatic heterocycles. The van der Waals surface area contributed by atoms with Crippen molar-refractivity contribution in [3.63, 3.8) is 0 Å². The number of nitrogen functional groups attached to an aromatic ring is 1. The van der Waals surface area contributed by atoms with Crippen LogP contribution in [0.2, 0.25) is 0 Å². The highest BCUT2D eigenvalue weighted by molar-refractivity contribution is 5.97. The largest absolute Gasteiger partial charge is 0.497 e. The van der Waals surface area contributed by atoms with Crippen molar-refractivity contribution < 1.29 is 4.74 Å². The van der Waals surface area contributed by atoms with E-state index in [2.05, 4.69) is 10.3 Å². The molecule has 4 heteroatoms. The molecule has 0 aliphatic rings. The van der Waals surface area contributed by atoms with Crippen molar-refractivity contribution in [2.45, 2.75) is 6.92 Å². The van der Waals surface area contributed by atoms with Crippen LogP contribution in [0, 0.1) is 6.92 Å². The molecule has 0 unspecified atom stereocenters. The summed E-state index contributed by atoms with van der Waals surface area (Å²) in [6.07, 6.45) is 1.77. The number of anilines is 3. The molecule has 0 saturated carbocycles. The van der Waals surface area contributed by atoms with Crippen LogP contribution in [0.1, 0.15) is 5.56 Å². The molecule has 0 atom stereocenters. The highest BCUT2D eigenvalue weighted by atomic mass is 16.5. The zero-order valence-electron chi connectivity index (χ0n) is 12.1. The number of aryl methyl sites for hydroxylation is 1. The number of pyridine rings is 1. The number of aromatic nitrogens is 1. The average molecular weight is 279 g/mol. The van der Waals surface area contributed by atoms with Crippen LogP contribution in [0.5, 0.6) is 5.75 Å². The van der Waals surface area contributed by atoms with Crippen LogP contribution in [0.15, 0.2) is 48.7 Å². The van der Waals surface area contributed by atoms with Gasteiger partial charge in [0.15, 0.2) is 0 Å². The molecule has 1 aromatic heterocycles. The van der Waals surface area contributed by atoms with Gasteiger partial charge in [-0.15, -0.1) is 0 Å². The first-order valence-corrected chi connectivity index (χ1v) is 6.74. The summed E-state index contributed by atoms with van der Waals surface area (Å²) in [5, 5.41) is 4.33. The topological polar surface area (TPSA) is 60.2 Å². The van der Waals surface area contributed by atoms with E-state index in [0.29, 0.717) is 5.69 Å². The predicted molar refractivity (Wildman–Crippen MR) is 87.2 cm³/mol. The SMILES string of the molecule is COc1ccc(Nc2ccc3ncccc3c2N)c(C)c1. The molecule has 21 heavy (non-hydrogen) atoms. The lowest BCUT2D eigenvalue weighted by Crippen LogP contribution is -1.99. The summed E-state index contributed by atoms with van der Waals surface area (Å²) in [7, 11) is 1.66. The van der Waals surface area contributed by atoms with Crippen molar-refractivity contribution in [2.75, 3.05) is 18.2 Å². The lowest BCUT2D eigenvalue weighted by Gasteiger charge is -2.14. The van der Waals surface area contributed by atoms with Crippen molar-refractivity contribution in [3.8, 4) is 5.75 Å². The molecule has 2 aromatic carbocycles. The molecule has 0 radical (unpaired) electrons. The Morgan fingerprint density at radius 1 is 1.10 bits per heavy atom. The van der Waals surface area contributed by atoms with Gasteiger partial charge in [0.2, 0.25) is 0 Å². The maximum Gasteiger partial charge on any atom is 0.119 e. The van der Waals surface area contributed by atoms with Crippen LogP contribution in [0.4, 0.5) is 17.1 Å². The lowest BCUT2D eigenvalue weighted by atomic mass is 10.1. The van der Waals surface area contributed by atoms with Gasteiger partial charge in [0.1, 0.15) is 5.75 Å². The number of rotatable bonds is 3. The fraction of sp³-hybridized carbons (Fsp3) is 0.118. The van der Waals surface area contributed by atoms with Crippen molar-refractivity contribution in [3.05, 3.63) is 54.2 Å². The summed E-state index contributed by atoms with van der Waals surface area (Å²) in [6, 6.07) is 13.7.